The molecule has 10 heavy (non-hydrogen) atoms. The Kier molecular flexibility index (Phi) is 1.25. The van der Waals surface area contributed by atoms with Gasteiger partial charge in [0.05, 0.1) is 5.51 Å². The van der Waals surface area contributed by atoms with Crippen LogP contribution in [0.1, 0.15) is 5.69 Å². The summed E-state index contributed by atoms with van der Waals surface area (Å²) < 4.78 is 0. The Morgan fingerprint density at radius 2 is 2.30 bits per heavy atom. The van der Waals surface area contributed by atoms with Crippen molar-refractivity contribution >= 4 is 17.2 Å². The Morgan fingerprint density at radius 1 is 1.30 bits per heavy atom. The molecule has 2 heterocycles. The number of rotatable bonds is 1. The number of thiazole rings is 1. The summed E-state index contributed by atoms with van der Waals surface area (Å²) in [5.41, 5.74) is 2.63. The number of hydrogen-bond acceptors (Lipinski definition) is 3. The second-order valence-electron chi connectivity index (χ2n) is 1.75. The minimum absolute atomic E-state index is 0.709. The smallest absolute Gasteiger partial charge is 0.179 e. The van der Waals surface area contributed by atoms with Gasteiger partial charge in [-0.15, -0.1) is 11.3 Å². The number of amidine groups is 1. The zero-order valence-corrected chi connectivity index (χ0v) is 5.88. The second kappa shape index (κ2) is 2.22. The average Bonchev–Trinajstić information content (AvgIpc) is 2.59. The maximum Gasteiger partial charge on any atom is 0.179 e. The molecule has 0 saturated carbocycles. The molecule has 1 radical (unpaired) electrons. The molecular weight excluding hydrogens is 146 g/mol. The molecule has 0 aromatic carbocycles. The molecular formula is C6H4N3S. The zero-order valence-electron chi connectivity index (χ0n) is 5.06. The largest absolute Gasteiger partial charge is 0.241 e. The van der Waals surface area contributed by atoms with Gasteiger partial charge in [0.15, 0.2) is 5.84 Å². The quantitative estimate of drug-likeness (QED) is 0.588. The summed E-state index contributed by atoms with van der Waals surface area (Å²) in [6, 6.07) is 0. The zero-order chi connectivity index (χ0) is 6.81. The molecule has 1 aromatic heterocycles. The first kappa shape index (κ1) is 5.61. The van der Waals surface area contributed by atoms with Crippen molar-refractivity contribution in [2.45, 2.75) is 0 Å². The van der Waals surface area contributed by atoms with Crippen LogP contribution in [0.25, 0.3) is 0 Å². The first-order valence-electron chi connectivity index (χ1n) is 2.79. The molecule has 49 valence electrons. The van der Waals surface area contributed by atoms with E-state index in [1.165, 1.54) is 0 Å². The number of aliphatic imine (C=N–C) groups is 1. The highest BCUT2D eigenvalue weighted by Crippen LogP contribution is 2.04. The van der Waals surface area contributed by atoms with Crippen LogP contribution >= 0.6 is 11.3 Å². The van der Waals surface area contributed by atoms with Gasteiger partial charge in [0.25, 0.3) is 0 Å². The van der Waals surface area contributed by atoms with Crippen molar-refractivity contribution in [1.82, 2.24) is 10.3 Å². The van der Waals surface area contributed by atoms with E-state index in [9.17, 15) is 0 Å². The lowest BCUT2D eigenvalue weighted by molar-refractivity contribution is 1.24. The number of nitrogens with zero attached hydrogens (tertiary/aromatic N) is 3. The third-order valence-electron chi connectivity index (χ3n) is 1.12. The van der Waals surface area contributed by atoms with Gasteiger partial charge < -0.3 is 0 Å². The third-order valence-corrected chi connectivity index (χ3v) is 1.71. The Balaban J connectivity index is 2.30. The van der Waals surface area contributed by atoms with Crippen LogP contribution in [0.3, 0.4) is 0 Å². The second-order valence-corrected chi connectivity index (χ2v) is 2.47. The van der Waals surface area contributed by atoms with Crippen molar-refractivity contribution in [3.63, 3.8) is 0 Å². The molecule has 0 bridgehead atoms. The lowest BCUT2D eigenvalue weighted by Crippen LogP contribution is -2.07. The molecule has 0 atom stereocenters. The molecule has 0 N–H and O–H groups in total. The molecule has 4 heteroatoms. The van der Waals surface area contributed by atoms with Crippen molar-refractivity contribution < 1.29 is 0 Å². The Hall–Kier alpha value is -1.16. The molecule has 0 amide bonds. The van der Waals surface area contributed by atoms with Gasteiger partial charge >= 0.3 is 0 Å². The SMILES string of the molecule is C1=CN=C(c2cscn2)[N]1. The number of hydrogen-bond donors (Lipinski definition) is 0. The normalized spacial score (nSPS) is 15.0. The average molecular weight is 150 g/mol. The minimum atomic E-state index is 0.709. The highest BCUT2D eigenvalue weighted by Gasteiger charge is 2.06. The molecule has 0 saturated heterocycles. The van der Waals surface area contributed by atoms with Crippen LogP contribution in [0.15, 0.2) is 28.3 Å². The standard InChI is InChI=1S/C6H4N3S/c1-2-8-6(7-1)5-3-10-4-9-5/h1-4H. The molecule has 1 aromatic rings. The molecule has 3 nitrogen and oxygen atoms in total. The van der Waals surface area contributed by atoms with Crippen molar-refractivity contribution in [1.29, 1.82) is 0 Å². The Morgan fingerprint density at radius 3 is 2.90 bits per heavy atom. The minimum Gasteiger partial charge on any atom is -0.241 e. The third kappa shape index (κ3) is 0.823. The van der Waals surface area contributed by atoms with Crippen LogP contribution in [-0.4, -0.2) is 10.8 Å². The van der Waals surface area contributed by atoms with Gasteiger partial charge in [0.1, 0.15) is 5.69 Å². The molecule has 1 aliphatic rings. The Bertz CT molecular complexity index is 273. The van der Waals surface area contributed by atoms with E-state index in [0.717, 1.165) is 5.69 Å². The molecule has 0 aliphatic carbocycles. The molecule has 0 spiro atoms. The van der Waals surface area contributed by atoms with Gasteiger partial charge in [-0.05, 0) is 0 Å². The van der Waals surface area contributed by atoms with Crippen LogP contribution in [0.5, 0.6) is 0 Å². The lowest BCUT2D eigenvalue weighted by atomic mass is 10.4. The van der Waals surface area contributed by atoms with Crippen molar-refractivity contribution in [3.8, 4) is 0 Å². The summed E-state index contributed by atoms with van der Waals surface area (Å²) in [5, 5.41) is 5.92. The fourth-order valence-corrected chi connectivity index (χ4v) is 1.23. The van der Waals surface area contributed by atoms with Crippen LogP contribution in [0, 0.1) is 0 Å². The topological polar surface area (TPSA) is 39.4 Å². The van der Waals surface area contributed by atoms with Crippen molar-refractivity contribution in [2.75, 3.05) is 0 Å². The first-order chi connectivity index (χ1) is 4.97. The van der Waals surface area contributed by atoms with Crippen molar-refractivity contribution in [3.05, 3.63) is 29.0 Å². The summed E-state index contributed by atoms with van der Waals surface area (Å²) in [4.78, 5) is 8.04. The van der Waals surface area contributed by atoms with Gasteiger partial charge in [-0.3, -0.25) is 0 Å². The monoisotopic (exact) mass is 150 g/mol. The number of aromatic nitrogens is 1. The summed E-state index contributed by atoms with van der Waals surface area (Å²) in [6.07, 6.45) is 3.32. The van der Waals surface area contributed by atoms with Gasteiger partial charge in [0.2, 0.25) is 0 Å². The van der Waals surface area contributed by atoms with E-state index >= 15 is 0 Å². The highest BCUT2D eigenvalue weighted by molar-refractivity contribution is 7.07. The molecule has 2 rings (SSSR count). The fourth-order valence-electron chi connectivity index (χ4n) is 0.696. The van der Waals surface area contributed by atoms with Crippen LogP contribution in [0.2, 0.25) is 0 Å². The van der Waals surface area contributed by atoms with E-state index in [-0.39, 0.29) is 0 Å². The van der Waals surface area contributed by atoms with E-state index in [2.05, 4.69) is 15.3 Å². The highest BCUT2D eigenvalue weighted by atomic mass is 32.1. The lowest BCUT2D eigenvalue weighted by Gasteiger charge is -1.89. The molecule has 1 aliphatic heterocycles. The predicted octanol–water partition coefficient (Wildman–Crippen LogP) is 0.979. The van der Waals surface area contributed by atoms with Crippen LogP contribution in [-0.2, 0) is 0 Å². The summed E-state index contributed by atoms with van der Waals surface area (Å²) in [7, 11) is 0. The summed E-state index contributed by atoms with van der Waals surface area (Å²) in [5.74, 6) is 0.709. The van der Waals surface area contributed by atoms with Crippen LogP contribution < -0.4 is 5.32 Å². The van der Waals surface area contributed by atoms with Gasteiger partial charge in [0, 0.05) is 17.8 Å². The van der Waals surface area contributed by atoms with Gasteiger partial charge in [-0.25, -0.2) is 15.3 Å². The fraction of sp³-hybridized carbons (Fsp3) is 0. The van der Waals surface area contributed by atoms with E-state index in [4.69, 9.17) is 0 Å². The van der Waals surface area contributed by atoms with Gasteiger partial charge in [-0.1, -0.05) is 0 Å². The van der Waals surface area contributed by atoms with E-state index < -0.39 is 0 Å². The van der Waals surface area contributed by atoms with Gasteiger partial charge in [-0.2, -0.15) is 0 Å². The maximum absolute atomic E-state index is 4.05. The summed E-state index contributed by atoms with van der Waals surface area (Å²) in [6.45, 7) is 0. The first-order valence-corrected chi connectivity index (χ1v) is 3.73. The molecule has 0 fully saturated rings. The predicted molar refractivity (Wildman–Crippen MR) is 39.9 cm³/mol. The summed E-state index contributed by atoms with van der Waals surface area (Å²) >= 11 is 1.55. The van der Waals surface area contributed by atoms with E-state index in [0.29, 0.717) is 5.84 Å². The van der Waals surface area contributed by atoms with E-state index in [1.807, 2.05) is 5.38 Å². The van der Waals surface area contributed by atoms with E-state index in [1.54, 1.807) is 29.2 Å². The van der Waals surface area contributed by atoms with Crippen LogP contribution in [0.4, 0.5) is 0 Å². The Labute approximate surface area is 62.1 Å². The maximum atomic E-state index is 4.05. The molecule has 0 unspecified atom stereocenters. The van der Waals surface area contributed by atoms with Crippen molar-refractivity contribution in [2.24, 2.45) is 4.99 Å².